The van der Waals surface area contributed by atoms with Gasteiger partial charge in [0.15, 0.2) is 0 Å². The number of rotatable bonds is 19. The molecule has 11 nitrogen and oxygen atoms in total. The van der Waals surface area contributed by atoms with Crippen LogP contribution < -0.4 is 10.6 Å². The number of nitrogens with one attached hydrogen (secondary N) is 2. The fourth-order valence-corrected chi connectivity index (χ4v) is 6.82. The van der Waals surface area contributed by atoms with E-state index in [0.717, 1.165) is 25.7 Å². The Hall–Kier alpha value is -2.24. The minimum Gasteiger partial charge on any atom is -0.379 e. The molecule has 1 aliphatic rings. The quantitative estimate of drug-likeness (QED) is 0.223. The predicted octanol–water partition coefficient (Wildman–Crippen LogP) is 3.16. The highest BCUT2D eigenvalue weighted by molar-refractivity contribution is 5.90. The van der Waals surface area contributed by atoms with Gasteiger partial charge in [-0.3, -0.25) is 24.1 Å². The van der Waals surface area contributed by atoms with Crippen molar-refractivity contribution in [3.05, 3.63) is 0 Å². The Kier molecular flexibility index (Phi) is 17.6. The second-order valence-corrected chi connectivity index (χ2v) is 13.8. The molecule has 1 aliphatic heterocycles. The van der Waals surface area contributed by atoms with Crippen LogP contribution in [0.2, 0.25) is 0 Å². The van der Waals surface area contributed by atoms with Crippen molar-refractivity contribution in [2.75, 3.05) is 48.5 Å². The molecule has 262 valence electrons. The molecule has 0 bridgehead atoms. The molecule has 45 heavy (non-hydrogen) atoms. The molecule has 4 amide bonds. The zero-order chi connectivity index (χ0) is 34.6. The SMILES string of the molecule is CCCNC(=O)[C@H](C)[C@@H](OC)C1CCCN1C(=O)C[C@@H](OC)C([C@@H](C)CC)N(C)C(=O)C(NC(=O)C(C(C)C)N(C)C)C(C)C. The van der Waals surface area contributed by atoms with Crippen molar-refractivity contribution >= 4 is 23.6 Å². The molecule has 0 radical (unpaired) electrons. The molecule has 8 atom stereocenters. The number of nitrogens with zero attached hydrogens (tertiary/aromatic N) is 3. The van der Waals surface area contributed by atoms with Gasteiger partial charge in [-0.2, -0.15) is 0 Å². The normalized spacial score (nSPS) is 20.0. The summed E-state index contributed by atoms with van der Waals surface area (Å²) in [5, 5.41) is 5.99. The summed E-state index contributed by atoms with van der Waals surface area (Å²) in [4.78, 5) is 59.5. The number of likely N-dealkylation sites (tertiary alicyclic amines) is 1. The molecule has 1 rings (SSSR count). The third kappa shape index (κ3) is 10.9. The van der Waals surface area contributed by atoms with Gasteiger partial charge < -0.3 is 29.9 Å². The van der Waals surface area contributed by atoms with Gasteiger partial charge in [-0.25, -0.2) is 0 Å². The number of hydrogen-bond acceptors (Lipinski definition) is 7. The first kappa shape index (κ1) is 40.8. The Bertz CT molecular complexity index is 936. The predicted molar refractivity (Wildman–Crippen MR) is 179 cm³/mol. The average Bonchev–Trinajstić information content (AvgIpc) is 3.46. The largest absolute Gasteiger partial charge is 0.379 e. The molecule has 1 fully saturated rings. The van der Waals surface area contributed by atoms with Crippen molar-refractivity contribution in [2.24, 2.45) is 23.7 Å². The van der Waals surface area contributed by atoms with Crippen LogP contribution in [-0.2, 0) is 28.7 Å². The maximum Gasteiger partial charge on any atom is 0.245 e. The zero-order valence-corrected chi connectivity index (χ0v) is 30.5. The first-order valence-electron chi connectivity index (χ1n) is 16.9. The molecule has 2 N–H and O–H groups in total. The minimum atomic E-state index is -0.728. The van der Waals surface area contributed by atoms with Gasteiger partial charge in [0.25, 0.3) is 0 Å². The Morgan fingerprint density at radius 2 is 1.53 bits per heavy atom. The smallest absolute Gasteiger partial charge is 0.245 e. The van der Waals surface area contributed by atoms with Crippen molar-refractivity contribution in [1.82, 2.24) is 25.3 Å². The molecule has 0 aliphatic carbocycles. The van der Waals surface area contributed by atoms with E-state index in [1.807, 2.05) is 65.4 Å². The van der Waals surface area contributed by atoms with E-state index in [2.05, 4.69) is 24.5 Å². The van der Waals surface area contributed by atoms with Crippen LogP contribution in [0.4, 0.5) is 0 Å². The van der Waals surface area contributed by atoms with Crippen LogP contribution in [0.15, 0.2) is 0 Å². The third-order valence-corrected chi connectivity index (χ3v) is 9.49. The minimum absolute atomic E-state index is 0.0220. The van der Waals surface area contributed by atoms with Crippen molar-refractivity contribution in [3.63, 3.8) is 0 Å². The first-order valence-corrected chi connectivity index (χ1v) is 16.9. The summed E-state index contributed by atoms with van der Waals surface area (Å²) in [6, 6.07) is -1.73. The lowest BCUT2D eigenvalue weighted by atomic mass is 9.89. The maximum absolute atomic E-state index is 14.1. The number of likely N-dealkylation sites (N-methyl/N-ethyl adjacent to an activating group) is 2. The molecule has 4 unspecified atom stereocenters. The molecule has 0 aromatic carbocycles. The van der Waals surface area contributed by atoms with Crippen LogP contribution in [-0.4, -0.2) is 123 Å². The number of carbonyl (C=O) groups excluding carboxylic acids is 4. The van der Waals surface area contributed by atoms with E-state index in [4.69, 9.17) is 9.47 Å². The van der Waals surface area contributed by atoms with E-state index in [1.54, 1.807) is 26.2 Å². The summed E-state index contributed by atoms with van der Waals surface area (Å²) in [5.41, 5.74) is 0. The molecule has 0 spiro atoms. The van der Waals surface area contributed by atoms with Gasteiger partial charge in [0.05, 0.1) is 42.7 Å². The Labute approximate surface area is 273 Å². The molecular formula is C34H65N5O6. The van der Waals surface area contributed by atoms with Crippen LogP contribution in [0.5, 0.6) is 0 Å². The van der Waals surface area contributed by atoms with Gasteiger partial charge >= 0.3 is 0 Å². The Morgan fingerprint density at radius 1 is 0.911 bits per heavy atom. The summed E-state index contributed by atoms with van der Waals surface area (Å²) in [6.45, 7) is 17.0. The Balaban J connectivity index is 3.25. The standard InChI is InChI=1S/C34H65N5O6/c1-14-18-35-32(41)24(8)31(45-13)25-17-16-19-39(25)27(40)20-26(44-12)30(23(7)15-2)38(11)34(43)28(21(3)4)36-33(42)29(22(5)6)37(9)10/h21-26,28-31H,14-20H2,1-13H3,(H,35,41)(H,36,42)/t23-,24+,25?,26+,28?,29?,30?,31+/m0/s1. The fourth-order valence-electron chi connectivity index (χ4n) is 6.82. The highest BCUT2D eigenvalue weighted by Gasteiger charge is 2.43. The van der Waals surface area contributed by atoms with Crippen molar-refractivity contribution < 1.29 is 28.7 Å². The summed E-state index contributed by atoms with van der Waals surface area (Å²) in [6.07, 6.45) is 2.27. The zero-order valence-electron chi connectivity index (χ0n) is 30.5. The summed E-state index contributed by atoms with van der Waals surface area (Å²) in [7, 11) is 8.65. The van der Waals surface area contributed by atoms with Crippen LogP contribution in [0.25, 0.3) is 0 Å². The molecule has 0 aromatic rings. The highest BCUT2D eigenvalue weighted by Crippen LogP contribution is 2.29. The van der Waals surface area contributed by atoms with Gasteiger partial charge in [0, 0.05) is 34.4 Å². The fraction of sp³-hybridized carbons (Fsp3) is 0.882. The van der Waals surface area contributed by atoms with E-state index >= 15 is 0 Å². The first-order chi connectivity index (χ1) is 21.1. The lowest BCUT2D eigenvalue weighted by Gasteiger charge is -2.41. The topological polar surface area (TPSA) is 121 Å². The maximum atomic E-state index is 14.1. The molecule has 1 heterocycles. The number of amides is 4. The molecule has 1 saturated heterocycles. The third-order valence-electron chi connectivity index (χ3n) is 9.49. The molecule has 0 aromatic heterocycles. The van der Waals surface area contributed by atoms with E-state index in [-0.39, 0.29) is 59.9 Å². The van der Waals surface area contributed by atoms with E-state index in [0.29, 0.717) is 13.1 Å². The van der Waals surface area contributed by atoms with Crippen molar-refractivity contribution in [2.45, 2.75) is 124 Å². The van der Waals surface area contributed by atoms with Crippen LogP contribution >= 0.6 is 0 Å². The summed E-state index contributed by atoms with van der Waals surface area (Å²) in [5.74, 6) is -1.02. The summed E-state index contributed by atoms with van der Waals surface area (Å²) < 4.78 is 11.8. The van der Waals surface area contributed by atoms with Gasteiger partial charge in [-0.1, -0.05) is 61.8 Å². The van der Waals surface area contributed by atoms with Crippen molar-refractivity contribution in [3.8, 4) is 0 Å². The van der Waals surface area contributed by atoms with Crippen LogP contribution in [0.1, 0.15) is 87.5 Å². The van der Waals surface area contributed by atoms with E-state index in [1.165, 1.54) is 0 Å². The number of hydrogen-bond donors (Lipinski definition) is 2. The summed E-state index contributed by atoms with van der Waals surface area (Å²) >= 11 is 0. The molecular weight excluding hydrogens is 574 g/mol. The number of methoxy groups -OCH3 is 2. The monoisotopic (exact) mass is 639 g/mol. The molecule has 0 saturated carbocycles. The number of carbonyl (C=O) groups is 4. The number of ether oxygens (including phenoxy) is 2. The van der Waals surface area contributed by atoms with E-state index < -0.39 is 30.2 Å². The van der Waals surface area contributed by atoms with Gasteiger partial charge in [0.1, 0.15) is 6.04 Å². The Morgan fingerprint density at radius 3 is 2.00 bits per heavy atom. The van der Waals surface area contributed by atoms with Gasteiger partial charge in [-0.15, -0.1) is 0 Å². The second-order valence-electron chi connectivity index (χ2n) is 13.8. The lowest BCUT2D eigenvalue weighted by Crippen LogP contribution is -2.59. The van der Waals surface area contributed by atoms with Gasteiger partial charge in [0.2, 0.25) is 23.6 Å². The lowest BCUT2D eigenvalue weighted by molar-refractivity contribution is -0.148. The highest BCUT2D eigenvalue weighted by atomic mass is 16.5. The molecule has 11 heteroatoms. The van der Waals surface area contributed by atoms with Gasteiger partial charge in [-0.05, 0) is 51.1 Å². The van der Waals surface area contributed by atoms with Crippen molar-refractivity contribution in [1.29, 1.82) is 0 Å². The average molecular weight is 640 g/mol. The second kappa shape index (κ2) is 19.4. The van der Waals surface area contributed by atoms with Crippen LogP contribution in [0.3, 0.4) is 0 Å². The van der Waals surface area contributed by atoms with E-state index in [9.17, 15) is 19.2 Å². The van der Waals surface area contributed by atoms with Crippen LogP contribution in [0, 0.1) is 23.7 Å².